The van der Waals surface area contributed by atoms with E-state index in [9.17, 15) is 29.1 Å². The lowest BCUT2D eigenvalue weighted by Gasteiger charge is -2.36. The number of pyridine rings is 1. The van der Waals surface area contributed by atoms with Crippen LogP contribution in [0.4, 0.5) is 4.39 Å². The van der Waals surface area contributed by atoms with Crippen LogP contribution >= 0.6 is 0 Å². The second kappa shape index (κ2) is 10.2. The van der Waals surface area contributed by atoms with Crippen molar-refractivity contribution in [3.05, 3.63) is 87.6 Å². The SMILES string of the molecule is CN(CC1c2nc(C(=O)CCc3ccc(F)cc3)c(O)c(=O)n2CCN1C)C(=O)c1cccc[n+]1O. The second-order valence-corrected chi connectivity index (χ2v) is 8.79. The molecule has 0 radical (unpaired) electrons. The van der Waals surface area contributed by atoms with Gasteiger partial charge < -0.3 is 10.0 Å². The highest BCUT2D eigenvalue weighted by Crippen LogP contribution is 2.25. The fraction of sp³-hybridized carbons (Fsp3) is 0.320. The summed E-state index contributed by atoms with van der Waals surface area (Å²) in [6.07, 6.45) is 1.60. The van der Waals surface area contributed by atoms with Crippen LogP contribution in [0.1, 0.15) is 44.8 Å². The monoisotopic (exact) mass is 496 g/mol. The molecule has 36 heavy (non-hydrogen) atoms. The van der Waals surface area contributed by atoms with Crippen LogP contribution in [0.2, 0.25) is 0 Å². The minimum Gasteiger partial charge on any atom is -0.501 e. The number of ketones is 1. The first-order chi connectivity index (χ1) is 17.2. The first kappa shape index (κ1) is 25.0. The molecule has 3 aromatic rings. The van der Waals surface area contributed by atoms with Gasteiger partial charge in [0.05, 0.1) is 6.04 Å². The van der Waals surface area contributed by atoms with Crippen LogP contribution in [0.25, 0.3) is 0 Å². The predicted molar refractivity (Wildman–Crippen MR) is 125 cm³/mol. The lowest BCUT2D eigenvalue weighted by molar-refractivity contribution is -0.906. The Kier molecular flexibility index (Phi) is 7.11. The Hall–Kier alpha value is -4.12. The number of aryl methyl sites for hydroxylation is 1. The second-order valence-electron chi connectivity index (χ2n) is 8.79. The maximum Gasteiger partial charge on any atom is 0.323 e. The molecule has 0 fully saturated rings. The number of fused-ring (bicyclic) bond motifs is 1. The number of likely N-dealkylation sites (N-methyl/N-ethyl adjacent to an activating group) is 2. The molecule has 0 saturated heterocycles. The first-order valence-corrected chi connectivity index (χ1v) is 11.4. The molecule has 0 bridgehead atoms. The van der Waals surface area contributed by atoms with Crippen molar-refractivity contribution in [2.24, 2.45) is 0 Å². The standard InChI is InChI=1S/C25H26FN5O5/c1-28-13-14-30-23(19(28)15-29(2)24(34)18-5-3-4-12-31(18)36)27-21(22(33)25(30)35)20(32)11-8-16-6-9-17(26)10-7-16/h3-7,9-10,12,19H,8,11,13-15H2,1-2H3,(H-,32,33,34,36)/p+1. The highest BCUT2D eigenvalue weighted by atomic mass is 19.1. The summed E-state index contributed by atoms with van der Waals surface area (Å²) < 4.78 is 15.2. The van der Waals surface area contributed by atoms with Crippen molar-refractivity contribution in [2.45, 2.75) is 25.4 Å². The number of Topliss-reactive ketones (excluding diaryl/α,β-unsaturated/α-hetero) is 1. The van der Waals surface area contributed by atoms with Crippen molar-refractivity contribution in [3.63, 3.8) is 0 Å². The Morgan fingerprint density at radius 2 is 1.92 bits per heavy atom. The van der Waals surface area contributed by atoms with Crippen LogP contribution < -0.4 is 10.3 Å². The minimum atomic E-state index is -0.714. The number of halogens is 1. The summed E-state index contributed by atoms with van der Waals surface area (Å²) in [5.74, 6) is -1.78. The quantitative estimate of drug-likeness (QED) is 0.286. The van der Waals surface area contributed by atoms with E-state index in [0.717, 1.165) is 10.3 Å². The number of hydrogen-bond acceptors (Lipinski definition) is 7. The van der Waals surface area contributed by atoms with Crippen LogP contribution in [0.3, 0.4) is 0 Å². The fourth-order valence-electron chi connectivity index (χ4n) is 4.23. The van der Waals surface area contributed by atoms with E-state index < -0.39 is 29.0 Å². The van der Waals surface area contributed by atoms with Crippen LogP contribution in [0, 0.1) is 5.82 Å². The van der Waals surface area contributed by atoms with Crippen molar-refractivity contribution in [1.29, 1.82) is 0 Å². The van der Waals surface area contributed by atoms with Gasteiger partial charge in [0.25, 0.3) is 5.56 Å². The molecule has 1 aliphatic heterocycles. The largest absolute Gasteiger partial charge is 0.501 e. The molecule has 1 aromatic carbocycles. The zero-order valence-corrected chi connectivity index (χ0v) is 20.0. The number of hydrogen-bond donors (Lipinski definition) is 2. The third-order valence-electron chi connectivity index (χ3n) is 6.35. The number of carbonyl (C=O) groups excluding carboxylic acids is 2. The van der Waals surface area contributed by atoms with Gasteiger partial charge in [-0.3, -0.25) is 29.1 Å². The van der Waals surface area contributed by atoms with Gasteiger partial charge in [0.1, 0.15) is 11.6 Å². The molecule has 0 aliphatic carbocycles. The molecule has 2 N–H and O–H groups in total. The van der Waals surface area contributed by atoms with E-state index in [1.54, 1.807) is 31.3 Å². The summed E-state index contributed by atoms with van der Waals surface area (Å²) in [5, 5.41) is 20.5. The molecule has 4 rings (SSSR count). The molecule has 0 saturated carbocycles. The van der Waals surface area contributed by atoms with Gasteiger partial charge in [-0.1, -0.05) is 12.1 Å². The van der Waals surface area contributed by atoms with Gasteiger partial charge in [-0.15, -0.1) is 0 Å². The van der Waals surface area contributed by atoms with E-state index in [1.807, 2.05) is 11.9 Å². The van der Waals surface area contributed by atoms with Crippen LogP contribution in [-0.2, 0) is 13.0 Å². The Balaban J connectivity index is 1.60. The minimum absolute atomic E-state index is 0.0293. The zero-order valence-electron chi connectivity index (χ0n) is 20.0. The number of benzene rings is 1. The Morgan fingerprint density at radius 1 is 1.19 bits per heavy atom. The highest BCUT2D eigenvalue weighted by Gasteiger charge is 2.34. The summed E-state index contributed by atoms with van der Waals surface area (Å²) in [7, 11) is 3.38. The number of nitrogens with zero attached hydrogens (tertiary/aromatic N) is 5. The third-order valence-corrected chi connectivity index (χ3v) is 6.35. The summed E-state index contributed by atoms with van der Waals surface area (Å²) in [5.41, 5.74) is -0.239. The average molecular weight is 497 g/mol. The van der Waals surface area contributed by atoms with Gasteiger partial charge in [0.15, 0.2) is 11.5 Å². The normalized spacial score (nSPS) is 15.4. The van der Waals surface area contributed by atoms with E-state index >= 15 is 0 Å². The Morgan fingerprint density at radius 3 is 2.61 bits per heavy atom. The highest BCUT2D eigenvalue weighted by molar-refractivity contribution is 5.96. The van der Waals surface area contributed by atoms with Crippen molar-refractivity contribution < 1.29 is 29.0 Å². The maximum atomic E-state index is 13.1. The smallest absolute Gasteiger partial charge is 0.323 e. The van der Waals surface area contributed by atoms with Gasteiger partial charge in [-0.05, 0) is 37.2 Å². The fourth-order valence-corrected chi connectivity index (χ4v) is 4.23. The van der Waals surface area contributed by atoms with Crippen LogP contribution in [0.5, 0.6) is 5.75 Å². The molecule has 3 heterocycles. The van der Waals surface area contributed by atoms with Crippen LogP contribution in [0.15, 0.2) is 53.5 Å². The van der Waals surface area contributed by atoms with E-state index in [1.165, 1.54) is 33.9 Å². The summed E-state index contributed by atoms with van der Waals surface area (Å²) >= 11 is 0. The Bertz CT molecular complexity index is 1360. The summed E-state index contributed by atoms with van der Waals surface area (Å²) in [6.45, 7) is 0.841. The maximum absolute atomic E-state index is 13.1. The predicted octanol–water partition coefficient (Wildman–Crippen LogP) is 1.19. The summed E-state index contributed by atoms with van der Waals surface area (Å²) in [4.78, 5) is 46.5. The molecule has 11 heteroatoms. The number of aromatic nitrogens is 3. The Labute approximate surface area is 206 Å². The van der Waals surface area contributed by atoms with Gasteiger partial charge in [-0.25, -0.2) is 9.37 Å². The third kappa shape index (κ3) is 4.96. The van der Waals surface area contributed by atoms with Crippen molar-refractivity contribution in [3.8, 4) is 5.75 Å². The van der Waals surface area contributed by atoms with E-state index in [0.29, 0.717) is 6.54 Å². The van der Waals surface area contributed by atoms with Gasteiger partial charge in [-0.2, -0.15) is 0 Å². The van der Waals surface area contributed by atoms with Crippen molar-refractivity contribution in [2.75, 3.05) is 27.2 Å². The molecule has 1 atom stereocenters. The van der Waals surface area contributed by atoms with E-state index in [4.69, 9.17) is 0 Å². The summed E-state index contributed by atoms with van der Waals surface area (Å²) in [6, 6.07) is 9.88. The first-order valence-electron chi connectivity index (χ1n) is 11.4. The molecule has 1 unspecified atom stereocenters. The molecule has 188 valence electrons. The van der Waals surface area contributed by atoms with Gasteiger partial charge in [0.2, 0.25) is 11.9 Å². The molecule has 2 aromatic heterocycles. The molecule has 10 nitrogen and oxygen atoms in total. The molecular formula is C25H27FN5O5+. The van der Waals surface area contributed by atoms with Crippen molar-refractivity contribution in [1.82, 2.24) is 19.4 Å². The molecular weight excluding hydrogens is 469 g/mol. The lowest BCUT2D eigenvalue weighted by Crippen LogP contribution is -2.48. The topological polar surface area (TPSA) is 120 Å². The molecule has 1 aliphatic rings. The number of rotatable bonds is 7. The average Bonchev–Trinajstić information content (AvgIpc) is 2.87. The van der Waals surface area contributed by atoms with Crippen LogP contribution in [-0.4, -0.2) is 68.5 Å². The van der Waals surface area contributed by atoms with E-state index in [2.05, 4.69) is 4.98 Å². The number of aromatic hydroxyl groups is 1. The molecule has 1 amide bonds. The number of carbonyl (C=O) groups is 2. The van der Waals surface area contributed by atoms with Gasteiger partial charge >= 0.3 is 11.6 Å². The molecule has 0 spiro atoms. The van der Waals surface area contributed by atoms with Gasteiger partial charge in [0, 0.05) is 50.0 Å². The van der Waals surface area contributed by atoms with Crippen molar-refractivity contribution >= 4 is 11.7 Å². The van der Waals surface area contributed by atoms with E-state index in [-0.39, 0.29) is 49.0 Å². The number of amides is 1. The zero-order chi connectivity index (χ0) is 26.0. The lowest BCUT2D eigenvalue weighted by atomic mass is 10.0.